The van der Waals surface area contributed by atoms with E-state index >= 15 is 0 Å². The molecule has 0 radical (unpaired) electrons. The van der Waals surface area contributed by atoms with Gasteiger partial charge in [-0.05, 0) is 32.6 Å². The third kappa shape index (κ3) is 6.59. The summed E-state index contributed by atoms with van der Waals surface area (Å²) < 4.78 is 5.32. The molecule has 0 aliphatic heterocycles. The number of aliphatic carboxylic acids is 1. The van der Waals surface area contributed by atoms with Gasteiger partial charge in [0.05, 0.1) is 6.10 Å². The molecule has 1 rings (SSSR count). The molecule has 1 fully saturated rings. The third-order valence-electron chi connectivity index (χ3n) is 2.90. The fourth-order valence-electron chi connectivity index (χ4n) is 1.73. The average Bonchev–Trinajstić information content (AvgIpc) is 3.07. The predicted molar refractivity (Wildman–Crippen MR) is 67.2 cm³/mol. The third-order valence-corrected chi connectivity index (χ3v) is 2.90. The van der Waals surface area contributed by atoms with Gasteiger partial charge >= 0.3 is 5.97 Å². The van der Waals surface area contributed by atoms with Crippen LogP contribution < -0.4 is 5.32 Å². The Morgan fingerprint density at radius 2 is 2.06 bits per heavy atom. The number of hydrogen-bond donors (Lipinski definition) is 2. The van der Waals surface area contributed by atoms with Gasteiger partial charge in [0, 0.05) is 13.0 Å². The first kappa shape index (κ1) is 15.0. The minimum Gasteiger partial charge on any atom is -0.480 e. The molecule has 1 unspecified atom stereocenters. The van der Waals surface area contributed by atoms with E-state index in [2.05, 4.69) is 5.32 Å². The van der Waals surface area contributed by atoms with E-state index in [9.17, 15) is 9.59 Å². The molecule has 5 heteroatoms. The number of carboxylic acid groups (broad SMARTS) is 1. The van der Waals surface area contributed by atoms with Gasteiger partial charge in [-0.2, -0.15) is 0 Å². The van der Waals surface area contributed by atoms with Crippen molar-refractivity contribution in [3.63, 3.8) is 0 Å². The van der Waals surface area contributed by atoms with Gasteiger partial charge in [-0.3, -0.25) is 4.79 Å². The molecule has 18 heavy (non-hydrogen) atoms. The normalized spacial score (nSPS) is 16.6. The van der Waals surface area contributed by atoms with E-state index in [0.29, 0.717) is 31.8 Å². The van der Waals surface area contributed by atoms with E-state index in [0.717, 1.165) is 12.8 Å². The minimum absolute atomic E-state index is 0.162. The van der Waals surface area contributed by atoms with Crippen LogP contribution in [0.1, 0.15) is 46.0 Å². The standard InChI is InChI=1S/C13H23NO4/c1-9(2)18-7-3-4-12(15)14-11(13(16)17)8-10-5-6-10/h9-11H,3-8H2,1-2H3,(H,14,15)(H,16,17). The molecule has 0 saturated heterocycles. The van der Waals surface area contributed by atoms with Crippen LogP contribution in [0.25, 0.3) is 0 Å². The fourth-order valence-corrected chi connectivity index (χ4v) is 1.73. The van der Waals surface area contributed by atoms with Gasteiger partial charge in [0.25, 0.3) is 0 Å². The molecule has 0 aromatic rings. The predicted octanol–water partition coefficient (Wildman–Crippen LogP) is 1.56. The molecule has 0 aromatic heterocycles. The van der Waals surface area contributed by atoms with Crippen LogP contribution in [0.4, 0.5) is 0 Å². The maximum atomic E-state index is 11.6. The number of carbonyl (C=O) groups excluding carboxylic acids is 1. The van der Waals surface area contributed by atoms with Crippen LogP contribution in [-0.2, 0) is 14.3 Å². The summed E-state index contributed by atoms with van der Waals surface area (Å²) in [4.78, 5) is 22.6. The number of rotatable bonds is 9. The van der Waals surface area contributed by atoms with E-state index in [1.54, 1.807) is 0 Å². The zero-order valence-electron chi connectivity index (χ0n) is 11.1. The molecule has 1 saturated carbocycles. The number of nitrogens with one attached hydrogen (secondary N) is 1. The van der Waals surface area contributed by atoms with Crippen molar-refractivity contribution >= 4 is 11.9 Å². The van der Waals surface area contributed by atoms with Crippen LogP contribution in [0.15, 0.2) is 0 Å². The first-order valence-electron chi connectivity index (χ1n) is 6.62. The van der Waals surface area contributed by atoms with Gasteiger partial charge in [0.1, 0.15) is 6.04 Å². The second-order valence-corrected chi connectivity index (χ2v) is 5.16. The first-order chi connectivity index (χ1) is 8.49. The van der Waals surface area contributed by atoms with Crippen molar-refractivity contribution in [1.82, 2.24) is 5.32 Å². The smallest absolute Gasteiger partial charge is 0.326 e. The number of carboxylic acids is 1. The van der Waals surface area contributed by atoms with Gasteiger partial charge in [0.2, 0.25) is 5.91 Å². The van der Waals surface area contributed by atoms with E-state index in [4.69, 9.17) is 9.84 Å². The second-order valence-electron chi connectivity index (χ2n) is 5.16. The van der Waals surface area contributed by atoms with Crippen molar-refractivity contribution in [3.05, 3.63) is 0 Å². The summed E-state index contributed by atoms with van der Waals surface area (Å²) in [6.45, 7) is 4.41. The molecule has 2 N–H and O–H groups in total. The molecular formula is C13H23NO4. The lowest BCUT2D eigenvalue weighted by Crippen LogP contribution is -2.41. The zero-order valence-corrected chi connectivity index (χ0v) is 11.1. The summed E-state index contributed by atoms with van der Waals surface area (Å²) >= 11 is 0. The lowest BCUT2D eigenvalue weighted by molar-refractivity contribution is -0.142. The summed E-state index contributed by atoms with van der Waals surface area (Å²) in [5.74, 6) is -0.653. The molecule has 0 aromatic carbocycles. The van der Waals surface area contributed by atoms with Gasteiger partial charge in [-0.15, -0.1) is 0 Å². The highest BCUT2D eigenvalue weighted by Gasteiger charge is 2.29. The average molecular weight is 257 g/mol. The maximum Gasteiger partial charge on any atom is 0.326 e. The molecule has 104 valence electrons. The van der Waals surface area contributed by atoms with Crippen molar-refractivity contribution in [2.45, 2.75) is 58.1 Å². The Bertz CT molecular complexity index is 287. The number of ether oxygens (including phenoxy) is 1. The topological polar surface area (TPSA) is 75.6 Å². The quantitative estimate of drug-likeness (QED) is 0.615. The fraction of sp³-hybridized carbons (Fsp3) is 0.846. The van der Waals surface area contributed by atoms with Crippen LogP contribution in [0.5, 0.6) is 0 Å². The molecule has 1 aliphatic rings. The Labute approximate surface area is 108 Å². The van der Waals surface area contributed by atoms with Crippen LogP contribution >= 0.6 is 0 Å². The van der Waals surface area contributed by atoms with E-state index in [1.165, 1.54) is 0 Å². The highest BCUT2D eigenvalue weighted by molar-refractivity contribution is 5.83. The monoisotopic (exact) mass is 257 g/mol. The number of hydrogen-bond acceptors (Lipinski definition) is 3. The summed E-state index contributed by atoms with van der Waals surface area (Å²) in [6, 6.07) is -0.726. The Balaban J connectivity index is 2.17. The molecule has 1 aliphatic carbocycles. The number of amides is 1. The van der Waals surface area contributed by atoms with Gasteiger partial charge in [-0.25, -0.2) is 4.79 Å². The van der Waals surface area contributed by atoms with E-state index < -0.39 is 12.0 Å². The summed E-state index contributed by atoms with van der Waals surface area (Å²) in [6.07, 6.45) is 3.84. The molecule has 0 heterocycles. The lowest BCUT2D eigenvalue weighted by Gasteiger charge is -2.14. The molecule has 1 atom stereocenters. The van der Waals surface area contributed by atoms with Gasteiger partial charge < -0.3 is 15.2 Å². The zero-order chi connectivity index (χ0) is 13.5. The maximum absolute atomic E-state index is 11.6. The Morgan fingerprint density at radius 3 is 2.56 bits per heavy atom. The van der Waals surface area contributed by atoms with E-state index in [1.807, 2.05) is 13.8 Å². The highest BCUT2D eigenvalue weighted by Crippen LogP contribution is 2.33. The van der Waals surface area contributed by atoms with Crippen molar-refractivity contribution in [2.24, 2.45) is 5.92 Å². The second kappa shape index (κ2) is 7.36. The Hall–Kier alpha value is -1.10. The molecule has 0 spiro atoms. The largest absolute Gasteiger partial charge is 0.480 e. The SMILES string of the molecule is CC(C)OCCCC(=O)NC(CC1CC1)C(=O)O. The summed E-state index contributed by atoms with van der Waals surface area (Å²) in [7, 11) is 0. The van der Waals surface area contributed by atoms with Crippen LogP contribution in [-0.4, -0.2) is 35.7 Å². The van der Waals surface area contributed by atoms with Crippen molar-refractivity contribution < 1.29 is 19.4 Å². The first-order valence-corrected chi connectivity index (χ1v) is 6.62. The summed E-state index contributed by atoms with van der Waals surface area (Å²) in [5.41, 5.74) is 0. The van der Waals surface area contributed by atoms with Crippen LogP contribution in [0, 0.1) is 5.92 Å². The van der Waals surface area contributed by atoms with Crippen molar-refractivity contribution in [1.29, 1.82) is 0 Å². The van der Waals surface area contributed by atoms with E-state index in [-0.39, 0.29) is 12.0 Å². The van der Waals surface area contributed by atoms with Gasteiger partial charge in [0.15, 0.2) is 0 Å². The summed E-state index contributed by atoms with van der Waals surface area (Å²) in [5, 5.41) is 11.6. The Morgan fingerprint density at radius 1 is 1.39 bits per heavy atom. The molecule has 1 amide bonds. The molecule has 0 bridgehead atoms. The van der Waals surface area contributed by atoms with Crippen LogP contribution in [0.3, 0.4) is 0 Å². The minimum atomic E-state index is -0.936. The van der Waals surface area contributed by atoms with Crippen LogP contribution in [0.2, 0.25) is 0 Å². The highest BCUT2D eigenvalue weighted by atomic mass is 16.5. The Kier molecular flexibility index (Phi) is 6.12. The lowest BCUT2D eigenvalue weighted by atomic mass is 10.1. The van der Waals surface area contributed by atoms with Crippen molar-refractivity contribution in [2.75, 3.05) is 6.61 Å². The van der Waals surface area contributed by atoms with Crippen molar-refractivity contribution in [3.8, 4) is 0 Å². The molecular weight excluding hydrogens is 234 g/mol. The molecule has 5 nitrogen and oxygen atoms in total. The number of carbonyl (C=O) groups is 2. The van der Waals surface area contributed by atoms with Gasteiger partial charge in [-0.1, -0.05) is 12.8 Å².